The van der Waals surface area contributed by atoms with Crippen molar-refractivity contribution in [1.29, 1.82) is 0 Å². The molecule has 2 fully saturated rings. The molecule has 0 amide bonds. The van der Waals surface area contributed by atoms with Crippen molar-refractivity contribution in [3.63, 3.8) is 0 Å². The summed E-state index contributed by atoms with van der Waals surface area (Å²) in [4.78, 5) is 7.26. The van der Waals surface area contributed by atoms with E-state index < -0.39 is 0 Å². The highest BCUT2D eigenvalue weighted by molar-refractivity contribution is 5.80. The Morgan fingerprint density at radius 3 is 2.89 bits per heavy atom. The van der Waals surface area contributed by atoms with Gasteiger partial charge in [-0.1, -0.05) is 13.0 Å². The fraction of sp³-hybridized carbons (Fsp3) is 0.667. The molecule has 150 valence electrons. The van der Waals surface area contributed by atoms with Crippen molar-refractivity contribution in [3.8, 4) is 11.5 Å². The van der Waals surface area contributed by atoms with Gasteiger partial charge in [0.05, 0.1) is 26.9 Å². The van der Waals surface area contributed by atoms with E-state index in [1.807, 2.05) is 12.1 Å². The summed E-state index contributed by atoms with van der Waals surface area (Å²) in [6.07, 6.45) is 3.33. The van der Waals surface area contributed by atoms with Crippen LogP contribution in [0.4, 0.5) is 0 Å². The third-order valence-corrected chi connectivity index (χ3v) is 5.36. The molecule has 1 unspecified atom stereocenters. The normalized spacial score (nSPS) is 22.5. The van der Waals surface area contributed by atoms with Gasteiger partial charge in [-0.2, -0.15) is 0 Å². The number of nitrogens with zero attached hydrogens (tertiary/aromatic N) is 2. The van der Waals surface area contributed by atoms with Crippen LogP contribution < -0.4 is 14.8 Å². The summed E-state index contributed by atoms with van der Waals surface area (Å²) in [5, 5.41) is 3.45. The predicted molar refractivity (Wildman–Crippen MR) is 108 cm³/mol. The van der Waals surface area contributed by atoms with Crippen LogP contribution in [-0.4, -0.2) is 57.4 Å². The quantitative estimate of drug-likeness (QED) is 0.586. The molecule has 1 spiro atoms. The van der Waals surface area contributed by atoms with Gasteiger partial charge < -0.3 is 24.4 Å². The van der Waals surface area contributed by atoms with Crippen molar-refractivity contribution in [2.24, 2.45) is 10.4 Å². The molecule has 2 heterocycles. The molecular weight excluding hydrogens is 342 g/mol. The predicted octanol–water partition coefficient (Wildman–Crippen LogP) is 3.06. The van der Waals surface area contributed by atoms with Crippen molar-refractivity contribution in [3.05, 3.63) is 23.8 Å². The molecule has 6 heteroatoms. The molecule has 2 aliphatic heterocycles. The summed E-state index contributed by atoms with van der Waals surface area (Å²) >= 11 is 0. The minimum Gasteiger partial charge on any atom is -0.493 e. The molecule has 1 aromatic carbocycles. The number of nitrogens with one attached hydrogen (secondary N) is 1. The molecule has 3 rings (SSSR count). The minimum absolute atomic E-state index is 0.331. The highest BCUT2D eigenvalue weighted by atomic mass is 16.5. The lowest BCUT2D eigenvalue weighted by Crippen LogP contribution is -2.41. The first-order valence-corrected chi connectivity index (χ1v) is 10.1. The van der Waals surface area contributed by atoms with Gasteiger partial charge in [0.1, 0.15) is 0 Å². The Hall–Kier alpha value is -1.95. The van der Waals surface area contributed by atoms with Crippen LogP contribution >= 0.6 is 0 Å². The fourth-order valence-corrected chi connectivity index (χ4v) is 3.82. The highest BCUT2D eigenvalue weighted by Crippen LogP contribution is 2.38. The molecule has 0 aromatic heterocycles. The van der Waals surface area contributed by atoms with Gasteiger partial charge in [-0.05, 0) is 43.9 Å². The number of rotatable bonds is 7. The molecule has 2 saturated heterocycles. The zero-order valence-corrected chi connectivity index (χ0v) is 16.9. The lowest BCUT2D eigenvalue weighted by atomic mass is 9.87. The second-order valence-electron chi connectivity index (χ2n) is 7.48. The van der Waals surface area contributed by atoms with E-state index in [1.165, 1.54) is 12.8 Å². The van der Waals surface area contributed by atoms with Gasteiger partial charge in [-0.25, -0.2) is 4.99 Å². The van der Waals surface area contributed by atoms with Crippen molar-refractivity contribution in [1.82, 2.24) is 10.2 Å². The van der Waals surface area contributed by atoms with E-state index in [2.05, 4.69) is 30.1 Å². The van der Waals surface area contributed by atoms with Crippen LogP contribution in [0.15, 0.2) is 23.2 Å². The van der Waals surface area contributed by atoms with Gasteiger partial charge in [-0.15, -0.1) is 0 Å². The molecule has 1 N–H and O–H groups in total. The molecule has 1 atom stereocenters. The molecule has 27 heavy (non-hydrogen) atoms. The van der Waals surface area contributed by atoms with Crippen LogP contribution in [0.5, 0.6) is 11.5 Å². The average Bonchev–Trinajstić information content (AvgIpc) is 3.33. The lowest BCUT2D eigenvalue weighted by molar-refractivity contribution is 0.156. The monoisotopic (exact) mass is 375 g/mol. The topological polar surface area (TPSA) is 55.3 Å². The van der Waals surface area contributed by atoms with Gasteiger partial charge in [0.2, 0.25) is 0 Å². The van der Waals surface area contributed by atoms with Crippen LogP contribution in [0.2, 0.25) is 0 Å². The zero-order chi connectivity index (χ0) is 19.1. The van der Waals surface area contributed by atoms with E-state index in [0.717, 1.165) is 62.3 Å². The van der Waals surface area contributed by atoms with Crippen molar-refractivity contribution >= 4 is 5.96 Å². The van der Waals surface area contributed by atoms with Crippen LogP contribution in [-0.2, 0) is 11.3 Å². The molecule has 6 nitrogen and oxygen atoms in total. The summed E-state index contributed by atoms with van der Waals surface area (Å²) < 4.78 is 16.9. The first-order valence-electron chi connectivity index (χ1n) is 10.1. The number of likely N-dealkylation sites (tertiary alicyclic amines) is 1. The summed E-state index contributed by atoms with van der Waals surface area (Å²) in [6, 6.07) is 6.07. The number of guanidine groups is 1. The summed E-state index contributed by atoms with van der Waals surface area (Å²) in [6.45, 7) is 10.2. The lowest BCUT2D eigenvalue weighted by Gasteiger charge is -2.25. The molecule has 0 bridgehead atoms. The first kappa shape index (κ1) is 19.8. The van der Waals surface area contributed by atoms with E-state index in [-0.39, 0.29) is 0 Å². The summed E-state index contributed by atoms with van der Waals surface area (Å²) in [5.41, 5.74) is 1.45. The number of ether oxygens (including phenoxy) is 3. The van der Waals surface area contributed by atoms with E-state index in [1.54, 1.807) is 7.11 Å². The van der Waals surface area contributed by atoms with Crippen LogP contribution in [0, 0.1) is 5.41 Å². The molecule has 0 radical (unpaired) electrons. The highest BCUT2D eigenvalue weighted by Gasteiger charge is 2.42. The number of aliphatic imine (C=N–C) groups is 1. The van der Waals surface area contributed by atoms with Gasteiger partial charge >= 0.3 is 0 Å². The maximum atomic E-state index is 5.74. The van der Waals surface area contributed by atoms with E-state index in [4.69, 9.17) is 19.2 Å². The van der Waals surface area contributed by atoms with E-state index >= 15 is 0 Å². The van der Waals surface area contributed by atoms with Gasteiger partial charge in [-0.3, -0.25) is 0 Å². The Morgan fingerprint density at radius 2 is 2.19 bits per heavy atom. The third-order valence-electron chi connectivity index (χ3n) is 5.36. The first-order chi connectivity index (χ1) is 13.2. The second kappa shape index (κ2) is 9.31. The summed E-state index contributed by atoms with van der Waals surface area (Å²) in [5.74, 6) is 2.55. The van der Waals surface area contributed by atoms with Crippen molar-refractivity contribution < 1.29 is 14.2 Å². The van der Waals surface area contributed by atoms with Crippen LogP contribution in [0.1, 0.15) is 38.7 Å². The van der Waals surface area contributed by atoms with Gasteiger partial charge in [0.15, 0.2) is 17.5 Å². The Bertz CT molecular complexity index is 642. The number of hydrogen-bond acceptors (Lipinski definition) is 4. The number of methoxy groups -OCH3 is 1. The largest absolute Gasteiger partial charge is 0.493 e. The minimum atomic E-state index is 0.331. The SMILES string of the molecule is CCCOc1ccc(CN=C(NCC)N2CCC3(CCOC3)C2)cc1OC. The van der Waals surface area contributed by atoms with Gasteiger partial charge in [0.25, 0.3) is 0 Å². The zero-order valence-electron chi connectivity index (χ0n) is 16.9. The van der Waals surface area contributed by atoms with Crippen LogP contribution in [0.3, 0.4) is 0 Å². The van der Waals surface area contributed by atoms with E-state index in [0.29, 0.717) is 18.6 Å². The van der Waals surface area contributed by atoms with Crippen molar-refractivity contribution in [2.75, 3.05) is 46.6 Å². The number of hydrogen-bond donors (Lipinski definition) is 1. The van der Waals surface area contributed by atoms with Crippen LogP contribution in [0.25, 0.3) is 0 Å². The maximum absolute atomic E-state index is 5.74. The fourth-order valence-electron chi connectivity index (χ4n) is 3.82. The Balaban J connectivity index is 1.68. The molecule has 0 aliphatic carbocycles. The maximum Gasteiger partial charge on any atom is 0.194 e. The standard InChI is InChI=1S/C21H33N3O3/c1-4-11-27-18-7-6-17(13-19(18)25-3)14-23-20(22-5-2)24-10-8-21(15-24)9-12-26-16-21/h6-7,13H,4-5,8-12,14-16H2,1-3H3,(H,22,23). The van der Waals surface area contributed by atoms with E-state index in [9.17, 15) is 0 Å². The number of benzene rings is 1. The summed E-state index contributed by atoms with van der Waals surface area (Å²) in [7, 11) is 1.68. The van der Waals surface area contributed by atoms with Crippen molar-refractivity contribution in [2.45, 2.75) is 39.7 Å². The second-order valence-corrected chi connectivity index (χ2v) is 7.48. The smallest absolute Gasteiger partial charge is 0.194 e. The Morgan fingerprint density at radius 1 is 1.30 bits per heavy atom. The molecule has 1 aromatic rings. The Kier molecular flexibility index (Phi) is 6.83. The molecular formula is C21H33N3O3. The third kappa shape index (κ3) is 4.86. The Labute approximate surface area is 162 Å². The molecule has 0 saturated carbocycles. The molecule has 2 aliphatic rings. The average molecular weight is 376 g/mol. The van der Waals surface area contributed by atoms with Gasteiger partial charge in [0, 0.05) is 31.7 Å².